The molecule has 30 heavy (non-hydrogen) atoms. The fraction of sp³-hybridized carbons (Fsp3) is 0.320. The summed E-state index contributed by atoms with van der Waals surface area (Å²) in [6.07, 6.45) is 6.61. The summed E-state index contributed by atoms with van der Waals surface area (Å²) in [7, 11) is 0. The topological polar surface area (TPSA) is 24.8 Å². The van der Waals surface area contributed by atoms with Crippen molar-refractivity contribution in [3.63, 3.8) is 0 Å². The van der Waals surface area contributed by atoms with Crippen LogP contribution in [0.5, 0.6) is 5.75 Å². The monoisotopic (exact) mass is 524 g/mol. The Morgan fingerprint density at radius 1 is 0.933 bits per heavy atom. The van der Waals surface area contributed by atoms with E-state index in [1.165, 1.54) is 41.2 Å². The summed E-state index contributed by atoms with van der Waals surface area (Å²) in [6, 6.07) is 19.7. The molecule has 1 spiro atoms. The van der Waals surface area contributed by atoms with Crippen molar-refractivity contribution >= 4 is 48.3 Å². The lowest BCUT2D eigenvalue weighted by atomic mass is 9.86. The Labute approximate surface area is 193 Å². The van der Waals surface area contributed by atoms with Crippen molar-refractivity contribution in [1.29, 1.82) is 0 Å². The summed E-state index contributed by atoms with van der Waals surface area (Å²) < 4.78 is 8.85. The Morgan fingerprint density at radius 2 is 1.73 bits per heavy atom. The minimum atomic E-state index is -0.329. The molecule has 0 aromatic heterocycles. The number of nitrogens with zero attached hydrogens (tertiary/aromatic N) is 2. The molecule has 0 amide bonds. The highest BCUT2D eigenvalue weighted by atomic mass is 79.9. The van der Waals surface area contributed by atoms with Gasteiger partial charge in [-0.25, -0.2) is 5.01 Å². The Hall–Kier alpha value is -1.85. The molecule has 0 radical (unpaired) electrons. The number of hydrogen-bond donors (Lipinski definition) is 0. The van der Waals surface area contributed by atoms with E-state index < -0.39 is 0 Å². The molecular formula is C25H22Br2N2O. The van der Waals surface area contributed by atoms with E-state index in [-0.39, 0.29) is 11.8 Å². The predicted molar refractivity (Wildman–Crippen MR) is 128 cm³/mol. The van der Waals surface area contributed by atoms with Crippen molar-refractivity contribution in [3.05, 3.63) is 74.7 Å². The number of fused-ring (bicyclic) bond motifs is 5. The normalized spacial score (nSPS) is 21.9. The number of halogens is 2. The molecule has 6 rings (SSSR count). The highest BCUT2D eigenvalue weighted by Gasteiger charge is 2.51. The maximum absolute atomic E-state index is 6.77. The second-order valence-corrected chi connectivity index (χ2v) is 10.4. The van der Waals surface area contributed by atoms with Crippen LogP contribution in [0.15, 0.2) is 68.6 Å². The number of ether oxygens (including phenoxy) is 1. The van der Waals surface area contributed by atoms with E-state index in [0.29, 0.717) is 0 Å². The Kier molecular flexibility index (Phi) is 4.47. The van der Waals surface area contributed by atoms with Gasteiger partial charge in [0.2, 0.25) is 0 Å². The third kappa shape index (κ3) is 2.93. The van der Waals surface area contributed by atoms with Gasteiger partial charge in [-0.1, -0.05) is 58.7 Å². The van der Waals surface area contributed by atoms with Gasteiger partial charge >= 0.3 is 0 Å². The average Bonchev–Trinajstić information content (AvgIpc) is 3.22. The molecule has 3 nitrogen and oxygen atoms in total. The molecule has 5 heteroatoms. The molecule has 0 saturated heterocycles. The van der Waals surface area contributed by atoms with Crippen molar-refractivity contribution in [2.24, 2.45) is 5.10 Å². The molecule has 152 valence electrons. The van der Waals surface area contributed by atoms with Crippen LogP contribution >= 0.6 is 31.9 Å². The van der Waals surface area contributed by atoms with Gasteiger partial charge in [0.1, 0.15) is 5.75 Å². The van der Waals surface area contributed by atoms with Gasteiger partial charge in [0.05, 0.1) is 16.2 Å². The molecule has 0 N–H and O–H groups in total. The van der Waals surface area contributed by atoms with Crippen LogP contribution in [-0.2, 0) is 0 Å². The Bertz CT molecular complexity index is 1180. The van der Waals surface area contributed by atoms with Crippen molar-refractivity contribution in [2.75, 3.05) is 0 Å². The van der Waals surface area contributed by atoms with Gasteiger partial charge in [-0.15, -0.1) is 0 Å². The molecule has 2 aliphatic heterocycles. The minimum absolute atomic E-state index is 0.210. The van der Waals surface area contributed by atoms with Crippen molar-refractivity contribution < 1.29 is 4.74 Å². The smallest absolute Gasteiger partial charge is 0.198 e. The number of hydrogen-bond acceptors (Lipinski definition) is 3. The molecule has 3 aliphatic rings. The number of rotatable bonds is 1. The van der Waals surface area contributed by atoms with Crippen molar-refractivity contribution in [2.45, 2.75) is 50.3 Å². The third-order valence-corrected chi connectivity index (χ3v) is 7.78. The van der Waals surface area contributed by atoms with Gasteiger partial charge in [0.25, 0.3) is 0 Å². The highest BCUT2D eigenvalue weighted by Crippen LogP contribution is 2.53. The molecule has 3 aromatic carbocycles. The molecule has 3 aromatic rings. The summed E-state index contributed by atoms with van der Waals surface area (Å²) in [4.78, 5) is 0. The zero-order chi connectivity index (χ0) is 20.3. The van der Waals surface area contributed by atoms with Crippen molar-refractivity contribution in [3.8, 4) is 5.75 Å². The lowest BCUT2D eigenvalue weighted by Crippen LogP contribution is -2.54. The van der Waals surface area contributed by atoms with Crippen LogP contribution in [-0.4, -0.2) is 16.4 Å². The van der Waals surface area contributed by atoms with Crippen LogP contribution in [0, 0.1) is 0 Å². The first-order valence-electron chi connectivity index (χ1n) is 10.7. The fourth-order valence-corrected chi connectivity index (χ4v) is 6.62. The van der Waals surface area contributed by atoms with Gasteiger partial charge in [-0.05, 0) is 63.3 Å². The minimum Gasteiger partial charge on any atom is -0.465 e. The lowest BCUT2D eigenvalue weighted by molar-refractivity contribution is -0.140. The first kappa shape index (κ1) is 18.9. The van der Waals surface area contributed by atoms with E-state index in [2.05, 4.69) is 91.5 Å². The Morgan fingerprint density at radius 3 is 2.57 bits per heavy atom. The van der Waals surface area contributed by atoms with Gasteiger partial charge < -0.3 is 4.74 Å². The van der Waals surface area contributed by atoms with Gasteiger partial charge in [0.15, 0.2) is 5.72 Å². The maximum atomic E-state index is 6.77. The third-order valence-electron chi connectivity index (χ3n) is 6.73. The van der Waals surface area contributed by atoms with Crippen LogP contribution < -0.4 is 4.74 Å². The molecule has 1 fully saturated rings. The Balaban J connectivity index is 1.47. The first-order valence-corrected chi connectivity index (χ1v) is 12.3. The van der Waals surface area contributed by atoms with Crippen LogP contribution in [0.3, 0.4) is 0 Å². The molecular weight excluding hydrogens is 504 g/mol. The van der Waals surface area contributed by atoms with Crippen LogP contribution in [0.1, 0.15) is 55.7 Å². The van der Waals surface area contributed by atoms with Gasteiger partial charge in [-0.3, -0.25) is 0 Å². The molecule has 0 bridgehead atoms. The van der Waals surface area contributed by atoms with E-state index in [9.17, 15) is 0 Å². The average molecular weight is 526 g/mol. The van der Waals surface area contributed by atoms with Crippen molar-refractivity contribution in [1.82, 2.24) is 5.01 Å². The van der Waals surface area contributed by atoms with Crippen LogP contribution in [0.25, 0.3) is 10.8 Å². The number of hydrazone groups is 1. The standard InChI is InChI=1S/C25H22Br2N2O/c26-19-13-20-23-15-22(18-9-8-16-6-2-3-7-17(16)12-18)28-29(23)25(10-4-1-5-11-25)30-24(20)21(27)14-19/h2-3,6-9,12-14,23H,1,4-5,10-11,15H2. The lowest BCUT2D eigenvalue weighted by Gasteiger charge is -2.49. The van der Waals surface area contributed by atoms with E-state index in [1.807, 2.05) is 0 Å². The summed E-state index contributed by atoms with van der Waals surface area (Å²) >= 11 is 7.43. The second kappa shape index (κ2) is 7.10. The molecule has 2 heterocycles. The summed E-state index contributed by atoms with van der Waals surface area (Å²) in [5, 5.41) is 10.0. The zero-order valence-corrected chi connectivity index (χ0v) is 19.7. The second-order valence-electron chi connectivity index (χ2n) is 8.59. The van der Waals surface area contributed by atoms with E-state index in [4.69, 9.17) is 9.84 Å². The van der Waals surface area contributed by atoms with Gasteiger partial charge in [0, 0.05) is 29.3 Å². The van der Waals surface area contributed by atoms with E-state index >= 15 is 0 Å². The van der Waals surface area contributed by atoms with Crippen LogP contribution in [0.4, 0.5) is 0 Å². The molecule has 1 aliphatic carbocycles. The molecule has 1 atom stereocenters. The molecule has 1 unspecified atom stereocenters. The highest BCUT2D eigenvalue weighted by molar-refractivity contribution is 9.11. The summed E-state index contributed by atoms with van der Waals surface area (Å²) in [5.41, 5.74) is 3.25. The molecule has 1 saturated carbocycles. The number of benzene rings is 3. The quantitative estimate of drug-likeness (QED) is 0.327. The SMILES string of the molecule is Brc1cc(Br)c2c(c1)C1CC(c3ccc4ccccc4c3)=NN1C1(CCCCC1)O2. The van der Waals surface area contributed by atoms with E-state index in [0.717, 1.165) is 39.7 Å². The summed E-state index contributed by atoms with van der Waals surface area (Å²) in [5.74, 6) is 0.997. The van der Waals surface area contributed by atoms with Gasteiger partial charge in [-0.2, -0.15) is 5.10 Å². The van der Waals surface area contributed by atoms with Crippen LogP contribution in [0.2, 0.25) is 0 Å². The summed E-state index contributed by atoms with van der Waals surface area (Å²) in [6.45, 7) is 0. The van der Waals surface area contributed by atoms with E-state index in [1.54, 1.807) is 0 Å². The fourth-order valence-electron chi connectivity index (χ4n) is 5.28. The zero-order valence-electron chi connectivity index (χ0n) is 16.6. The maximum Gasteiger partial charge on any atom is 0.198 e. The largest absolute Gasteiger partial charge is 0.465 e. The first-order chi connectivity index (χ1) is 14.6. The predicted octanol–water partition coefficient (Wildman–Crippen LogP) is 7.57.